The molecule has 0 aliphatic rings. The number of halogens is 4. The van der Waals surface area contributed by atoms with E-state index in [2.05, 4.69) is 18.8 Å². The zero-order valence-electron chi connectivity index (χ0n) is 5.04. The van der Waals surface area contributed by atoms with E-state index in [9.17, 15) is 2.86 Å². The van der Waals surface area contributed by atoms with E-state index in [1.165, 1.54) is 7.11 Å². The van der Waals surface area contributed by atoms with Gasteiger partial charge in [-0.2, -0.15) is 0 Å². The first-order chi connectivity index (χ1) is 3.89. The van der Waals surface area contributed by atoms with Crippen molar-refractivity contribution >= 4 is 36.7 Å². The first-order valence-electron chi connectivity index (χ1n) is 2.14. The van der Waals surface area contributed by atoms with Crippen LogP contribution in [0.3, 0.4) is 0 Å². The van der Waals surface area contributed by atoms with Crippen molar-refractivity contribution in [1.82, 2.24) is 0 Å². The fraction of sp³-hybridized carbons (Fsp3) is 1.00. The van der Waals surface area contributed by atoms with E-state index in [-0.39, 0.29) is 6.61 Å². The molecule has 0 amide bonds. The molecule has 0 radical (unpaired) electrons. The Morgan fingerprint density at radius 2 is 2.22 bits per heavy atom. The van der Waals surface area contributed by atoms with Gasteiger partial charge in [0.1, 0.15) is 0 Å². The van der Waals surface area contributed by atoms with Gasteiger partial charge >= 0.3 is 66.3 Å². The molecule has 0 aromatic carbocycles. The van der Waals surface area contributed by atoms with Crippen molar-refractivity contribution in [2.45, 2.75) is 6.92 Å². The maximum absolute atomic E-state index is 12.9. The number of hydrogen-bond acceptors (Lipinski definition) is 2. The molecular formula is C3H8BrClFIO2. The Labute approximate surface area is 66.0 Å². The average molecular weight is 337 g/mol. The van der Waals surface area contributed by atoms with E-state index in [1.807, 2.05) is 0 Å². The molecule has 60 valence electrons. The van der Waals surface area contributed by atoms with Crippen molar-refractivity contribution in [3.63, 3.8) is 0 Å². The molecule has 2 nitrogen and oxygen atoms in total. The second kappa shape index (κ2) is 3.17. The molecule has 0 N–H and O–H groups in total. The molecule has 0 atom stereocenters. The Hall–Kier alpha value is 1.35. The first-order valence-corrected chi connectivity index (χ1v) is 12.3. The molecular weight excluding hydrogens is 329 g/mol. The summed E-state index contributed by atoms with van der Waals surface area (Å²) >= 11 is -2.32. The van der Waals surface area contributed by atoms with Gasteiger partial charge in [-0.05, 0) is 0 Å². The molecule has 0 aliphatic carbocycles. The molecule has 0 unspecified atom stereocenters. The molecule has 0 saturated carbocycles. The van der Waals surface area contributed by atoms with Gasteiger partial charge in [0.25, 0.3) is 0 Å². The van der Waals surface area contributed by atoms with Gasteiger partial charge in [0, 0.05) is 0 Å². The monoisotopic (exact) mass is 336 g/mol. The summed E-state index contributed by atoms with van der Waals surface area (Å²) in [5.74, 6) is 0. The van der Waals surface area contributed by atoms with Crippen molar-refractivity contribution in [3.05, 3.63) is 0 Å². The Morgan fingerprint density at radius 3 is 2.33 bits per heavy atom. The Bertz CT molecular complexity index is 104. The molecule has 0 rings (SSSR count). The topological polar surface area (TPSA) is 18.5 Å². The second-order valence-electron chi connectivity index (χ2n) is 1.13. The SMILES string of the molecule is CCOI(F)(Cl)(Br)OC. The molecule has 0 fully saturated rings. The average Bonchev–Trinajstić information content (AvgIpc) is 1.66. The van der Waals surface area contributed by atoms with Crippen LogP contribution >= 0.6 is 36.7 Å². The van der Waals surface area contributed by atoms with Crippen molar-refractivity contribution in [1.29, 1.82) is 0 Å². The number of rotatable bonds is 3. The molecule has 0 heterocycles. The normalized spacial score (nSPS) is 16.8. The molecule has 9 heavy (non-hydrogen) atoms. The Kier molecular flexibility index (Phi) is 3.64. The van der Waals surface area contributed by atoms with E-state index in [1.54, 1.807) is 6.92 Å². The third-order valence-corrected chi connectivity index (χ3v) is 7.60. The molecule has 0 bridgehead atoms. The van der Waals surface area contributed by atoms with Gasteiger partial charge in [0.15, 0.2) is 0 Å². The third-order valence-electron chi connectivity index (χ3n) is 0.515. The fourth-order valence-corrected chi connectivity index (χ4v) is 3.14. The summed E-state index contributed by atoms with van der Waals surface area (Å²) in [6.07, 6.45) is 0. The molecule has 0 saturated heterocycles. The van der Waals surface area contributed by atoms with E-state index >= 15 is 0 Å². The van der Waals surface area contributed by atoms with Crippen LogP contribution in [0.5, 0.6) is 0 Å². The van der Waals surface area contributed by atoms with Gasteiger partial charge in [0.2, 0.25) is 0 Å². The summed E-state index contributed by atoms with van der Waals surface area (Å²) in [6.45, 7) is 1.84. The van der Waals surface area contributed by atoms with Crippen LogP contribution in [0.15, 0.2) is 0 Å². The molecule has 6 heteroatoms. The van der Waals surface area contributed by atoms with Crippen LogP contribution in [0.4, 0.5) is 2.86 Å². The summed E-state index contributed by atoms with van der Waals surface area (Å²) in [5.41, 5.74) is 0. The molecule has 0 spiro atoms. The standard InChI is InChI=1S/C3H8BrClFIO2/c1-3-9-7(4,5,6)8-2/h3H2,1-2H3. The van der Waals surface area contributed by atoms with E-state index in [0.717, 1.165) is 0 Å². The van der Waals surface area contributed by atoms with Gasteiger partial charge in [-0.15, -0.1) is 0 Å². The van der Waals surface area contributed by atoms with Crippen molar-refractivity contribution in [2.75, 3.05) is 13.7 Å². The van der Waals surface area contributed by atoms with Crippen LogP contribution in [0.2, 0.25) is 0 Å². The zero-order chi connectivity index (χ0) is 7.57. The summed E-state index contributed by atoms with van der Waals surface area (Å²) in [5, 5.41) is 0. The predicted molar refractivity (Wildman–Crippen MR) is 48.5 cm³/mol. The summed E-state index contributed by atoms with van der Waals surface area (Å²) < 4.78 is 21.8. The maximum atomic E-state index is 12.9. The first kappa shape index (κ1) is 10.3. The van der Waals surface area contributed by atoms with Gasteiger partial charge in [0.05, 0.1) is 0 Å². The van der Waals surface area contributed by atoms with Crippen LogP contribution in [0, 0.1) is 0 Å². The van der Waals surface area contributed by atoms with Gasteiger partial charge < -0.3 is 0 Å². The van der Waals surface area contributed by atoms with E-state index in [0.29, 0.717) is 0 Å². The quantitative estimate of drug-likeness (QED) is 0.735. The third kappa shape index (κ3) is 4.72. The van der Waals surface area contributed by atoms with Crippen molar-refractivity contribution in [2.24, 2.45) is 0 Å². The van der Waals surface area contributed by atoms with E-state index < -0.39 is 15.1 Å². The van der Waals surface area contributed by atoms with E-state index in [4.69, 9.17) is 8.91 Å². The predicted octanol–water partition coefficient (Wildman–Crippen LogP) is 3.43. The van der Waals surface area contributed by atoms with Gasteiger partial charge in [-0.25, -0.2) is 0 Å². The molecule has 0 aromatic heterocycles. The fourth-order valence-electron chi connectivity index (χ4n) is 0.213. The minimum absolute atomic E-state index is 0.202. The second-order valence-corrected chi connectivity index (χ2v) is 18.3. The summed E-state index contributed by atoms with van der Waals surface area (Å²) in [4.78, 5) is 0. The van der Waals surface area contributed by atoms with Crippen LogP contribution < -0.4 is 0 Å². The van der Waals surface area contributed by atoms with Gasteiger partial charge in [-0.1, -0.05) is 0 Å². The van der Waals surface area contributed by atoms with Crippen LogP contribution in [-0.2, 0) is 6.13 Å². The van der Waals surface area contributed by atoms with Crippen molar-refractivity contribution in [3.8, 4) is 0 Å². The molecule has 0 aliphatic heterocycles. The van der Waals surface area contributed by atoms with Crippen molar-refractivity contribution < 1.29 is 8.99 Å². The Morgan fingerprint density at radius 1 is 1.78 bits per heavy atom. The minimum atomic E-state index is -4.90. The van der Waals surface area contributed by atoms with Crippen LogP contribution in [0.25, 0.3) is 0 Å². The molecule has 0 aromatic rings. The zero-order valence-corrected chi connectivity index (χ0v) is 9.53. The Balaban J connectivity index is 3.95. The number of hydrogen-bond donors (Lipinski definition) is 0. The summed E-state index contributed by atoms with van der Waals surface area (Å²) in [6, 6.07) is 0. The summed E-state index contributed by atoms with van der Waals surface area (Å²) in [7, 11) is 6.44. The van der Waals surface area contributed by atoms with Crippen LogP contribution in [0.1, 0.15) is 6.92 Å². The van der Waals surface area contributed by atoms with Crippen LogP contribution in [-0.4, -0.2) is 13.7 Å². The van der Waals surface area contributed by atoms with Gasteiger partial charge in [-0.3, -0.25) is 0 Å².